The van der Waals surface area contributed by atoms with Crippen LogP contribution in [0.1, 0.15) is 0 Å². The third-order valence-electron chi connectivity index (χ3n) is 3.82. The quantitative estimate of drug-likeness (QED) is 0.780. The van der Waals surface area contributed by atoms with Crippen LogP contribution in [-0.2, 0) is 14.8 Å². The molecule has 0 fully saturated rings. The molecule has 0 radical (unpaired) electrons. The zero-order chi connectivity index (χ0) is 18.9. The Labute approximate surface area is 161 Å². The molecule has 9 heteroatoms. The Hall–Kier alpha value is -1.90. The van der Waals surface area contributed by atoms with Gasteiger partial charge in [-0.1, -0.05) is 17.7 Å². The van der Waals surface area contributed by atoms with Crippen LogP contribution in [0.4, 0.5) is 11.4 Å². The van der Waals surface area contributed by atoms with E-state index in [0.717, 1.165) is 15.5 Å². The van der Waals surface area contributed by atoms with Crippen molar-refractivity contribution in [2.75, 3.05) is 28.7 Å². The van der Waals surface area contributed by atoms with Crippen molar-refractivity contribution in [1.82, 2.24) is 0 Å². The van der Waals surface area contributed by atoms with Gasteiger partial charge in [-0.3, -0.25) is 9.10 Å². The van der Waals surface area contributed by atoms with Crippen molar-refractivity contribution in [2.45, 2.75) is 11.0 Å². The number of nitrogens with zero attached hydrogens (tertiary/aromatic N) is 1. The Morgan fingerprint density at radius 2 is 2.08 bits per heavy atom. The lowest BCUT2D eigenvalue weighted by atomic mass is 10.2. The van der Waals surface area contributed by atoms with Crippen molar-refractivity contribution in [2.24, 2.45) is 0 Å². The number of anilines is 2. The first-order chi connectivity index (χ1) is 12.3. The zero-order valence-electron chi connectivity index (χ0n) is 14.1. The van der Waals surface area contributed by atoms with Crippen LogP contribution in [0.25, 0.3) is 0 Å². The van der Waals surface area contributed by atoms with E-state index in [1.807, 2.05) is 24.5 Å². The molecule has 1 atom stereocenters. The number of rotatable bonds is 4. The van der Waals surface area contributed by atoms with Gasteiger partial charge in [-0.05, 0) is 42.7 Å². The molecule has 0 bridgehead atoms. The van der Waals surface area contributed by atoms with E-state index in [1.54, 1.807) is 30.0 Å². The average molecular weight is 413 g/mol. The first kappa shape index (κ1) is 18.9. The number of carbonyl (C=O) groups excluding carboxylic acids is 1. The van der Waals surface area contributed by atoms with E-state index in [2.05, 4.69) is 5.32 Å². The highest BCUT2D eigenvalue weighted by atomic mass is 35.5. The largest absolute Gasteiger partial charge is 0.476 e. The van der Waals surface area contributed by atoms with E-state index in [1.165, 1.54) is 6.07 Å². The van der Waals surface area contributed by atoms with Gasteiger partial charge in [-0.2, -0.15) is 0 Å². The van der Waals surface area contributed by atoms with Crippen molar-refractivity contribution in [1.29, 1.82) is 0 Å². The lowest BCUT2D eigenvalue weighted by Crippen LogP contribution is -2.48. The summed E-state index contributed by atoms with van der Waals surface area (Å²) in [6.07, 6.45) is 2.05. The Bertz CT molecular complexity index is 950. The summed E-state index contributed by atoms with van der Waals surface area (Å²) in [5.74, 6) is -0.124. The number of fused-ring (bicyclic) bond motifs is 1. The molecule has 6 nitrogen and oxygen atoms in total. The maximum atomic E-state index is 12.6. The maximum absolute atomic E-state index is 12.6. The molecule has 0 aromatic heterocycles. The van der Waals surface area contributed by atoms with E-state index >= 15 is 0 Å². The minimum absolute atomic E-state index is 0.125. The molecule has 1 aliphatic heterocycles. The zero-order valence-corrected chi connectivity index (χ0v) is 16.5. The monoisotopic (exact) mass is 412 g/mol. The van der Waals surface area contributed by atoms with Gasteiger partial charge in [0.15, 0.2) is 6.10 Å². The van der Waals surface area contributed by atoms with Crippen molar-refractivity contribution in [3.05, 3.63) is 47.5 Å². The van der Waals surface area contributed by atoms with E-state index in [9.17, 15) is 13.2 Å². The number of halogens is 1. The van der Waals surface area contributed by atoms with Crippen LogP contribution in [0, 0.1) is 0 Å². The SMILES string of the molecule is CSc1cccc(NC(=O)[C@H]2CN(S(C)(=O)=O)c3cc(Cl)ccc3O2)c1. The number of amides is 1. The van der Waals surface area contributed by atoms with Crippen LogP contribution in [0.15, 0.2) is 47.4 Å². The highest BCUT2D eigenvalue weighted by molar-refractivity contribution is 7.98. The molecule has 1 amide bonds. The first-order valence-electron chi connectivity index (χ1n) is 7.67. The summed E-state index contributed by atoms with van der Waals surface area (Å²) in [6, 6.07) is 12.0. The van der Waals surface area contributed by atoms with E-state index in [4.69, 9.17) is 16.3 Å². The van der Waals surface area contributed by atoms with Gasteiger partial charge in [0.1, 0.15) is 5.75 Å². The van der Waals surface area contributed by atoms with Crippen molar-refractivity contribution < 1.29 is 17.9 Å². The van der Waals surface area contributed by atoms with Crippen LogP contribution in [0.5, 0.6) is 5.75 Å². The molecule has 0 unspecified atom stereocenters. The predicted molar refractivity (Wildman–Crippen MR) is 105 cm³/mol. The van der Waals surface area contributed by atoms with Crippen molar-refractivity contribution in [3.63, 3.8) is 0 Å². The Morgan fingerprint density at radius 3 is 2.77 bits per heavy atom. The molecule has 138 valence electrons. The van der Waals surface area contributed by atoms with Gasteiger partial charge < -0.3 is 10.1 Å². The second-order valence-corrected chi connectivity index (χ2v) is 8.96. The summed E-state index contributed by atoms with van der Waals surface area (Å²) in [6.45, 7) is -0.125. The summed E-state index contributed by atoms with van der Waals surface area (Å²) >= 11 is 7.53. The fourth-order valence-electron chi connectivity index (χ4n) is 2.60. The van der Waals surface area contributed by atoms with Gasteiger partial charge >= 0.3 is 0 Å². The Kier molecular flexibility index (Phi) is 5.36. The number of benzene rings is 2. The molecule has 3 rings (SSSR count). The van der Waals surface area contributed by atoms with Crippen LogP contribution >= 0.6 is 23.4 Å². The second-order valence-electron chi connectivity index (χ2n) is 5.73. The molecule has 1 heterocycles. The molecule has 2 aromatic carbocycles. The Balaban J connectivity index is 1.87. The van der Waals surface area contributed by atoms with Crippen molar-refractivity contribution in [3.8, 4) is 5.75 Å². The first-order valence-corrected chi connectivity index (χ1v) is 11.1. The van der Waals surface area contributed by atoms with E-state index in [-0.39, 0.29) is 6.54 Å². The molecule has 0 aliphatic carbocycles. The van der Waals surface area contributed by atoms with Gasteiger partial charge in [0, 0.05) is 15.6 Å². The minimum atomic E-state index is -3.59. The summed E-state index contributed by atoms with van der Waals surface area (Å²) in [4.78, 5) is 13.6. The standard InChI is InChI=1S/C17H17ClN2O4S2/c1-25-13-5-3-4-12(9-13)19-17(21)16-10-20(26(2,22)23)14-8-11(18)6-7-15(14)24-16/h3-9,16H,10H2,1-2H3,(H,19,21)/t16-/m1/s1. The van der Waals surface area contributed by atoms with Gasteiger partial charge in [0.05, 0.1) is 18.5 Å². The van der Waals surface area contributed by atoms with Gasteiger partial charge in [-0.15, -0.1) is 11.8 Å². The number of sulfonamides is 1. The smallest absolute Gasteiger partial charge is 0.267 e. The summed E-state index contributed by atoms with van der Waals surface area (Å²) in [7, 11) is -3.59. The van der Waals surface area contributed by atoms with Crippen molar-refractivity contribution >= 4 is 50.7 Å². The fraction of sp³-hybridized carbons (Fsp3) is 0.235. The third-order valence-corrected chi connectivity index (χ3v) is 5.93. The molecule has 0 saturated carbocycles. The lowest BCUT2D eigenvalue weighted by Gasteiger charge is -2.34. The summed E-state index contributed by atoms with van der Waals surface area (Å²) in [5, 5.41) is 3.16. The van der Waals surface area contributed by atoms with Gasteiger partial charge in [0.25, 0.3) is 5.91 Å². The van der Waals surface area contributed by atoms with Crippen LogP contribution in [-0.4, -0.2) is 39.5 Å². The molecular formula is C17H17ClN2O4S2. The topological polar surface area (TPSA) is 75.7 Å². The predicted octanol–water partition coefficient (Wildman–Crippen LogP) is 3.23. The molecule has 1 N–H and O–H groups in total. The summed E-state index contributed by atoms with van der Waals surface area (Å²) < 4.78 is 31.2. The van der Waals surface area contributed by atoms with Gasteiger partial charge in [0.2, 0.25) is 10.0 Å². The summed E-state index contributed by atoms with van der Waals surface area (Å²) in [5.41, 5.74) is 0.951. The number of carbonyl (C=O) groups is 1. The third kappa shape index (κ3) is 4.08. The molecule has 2 aromatic rings. The van der Waals surface area contributed by atoms with E-state index in [0.29, 0.717) is 22.1 Å². The number of thioether (sulfide) groups is 1. The highest BCUT2D eigenvalue weighted by Gasteiger charge is 2.35. The second kappa shape index (κ2) is 7.38. The fourth-order valence-corrected chi connectivity index (χ4v) is 4.13. The normalized spacial score (nSPS) is 16.6. The number of nitrogens with one attached hydrogen (secondary N) is 1. The minimum Gasteiger partial charge on any atom is -0.476 e. The number of ether oxygens (including phenoxy) is 1. The molecule has 0 spiro atoms. The molecule has 26 heavy (non-hydrogen) atoms. The highest BCUT2D eigenvalue weighted by Crippen LogP contribution is 2.37. The van der Waals surface area contributed by atoms with Crippen LogP contribution in [0.2, 0.25) is 5.02 Å². The molecular weight excluding hydrogens is 396 g/mol. The number of hydrogen-bond donors (Lipinski definition) is 1. The molecule has 0 saturated heterocycles. The average Bonchev–Trinajstić information content (AvgIpc) is 2.60. The Morgan fingerprint density at radius 1 is 1.31 bits per heavy atom. The van der Waals surface area contributed by atoms with Crippen LogP contribution < -0.4 is 14.4 Å². The lowest BCUT2D eigenvalue weighted by molar-refractivity contribution is -0.122. The molecule has 1 aliphatic rings. The maximum Gasteiger partial charge on any atom is 0.267 e. The van der Waals surface area contributed by atoms with Crippen LogP contribution in [0.3, 0.4) is 0 Å². The van der Waals surface area contributed by atoms with Gasteiger partial charge in [-0.25, -0.2) is 8.42 Å². The van der Waals surface area contributed by atoms with E-state index < -0.39 is 22.0 Å². The number of hydrogen-bond acceptors (Lipinski definition) is 5.